The zero-order valence-electron chi connectivity index (χ0n) is 12.3. The molecule has 110 valence electrons. The number of nitrogens with one attached hydrogen (secondary N) is 1. The van der Waals surface area contributed by atoms with E-state index >= 15 is 0 Å². The van der Waals surface area contributed by atoms with Crippen LogP contribution in [0.2, 0.25) is 0 Å². The van der Waals surface area contributed by atoms with E-state index in [0.717, 1.165) is 25.8 Å². The summed E-state index contributed by atoms with van der Waals surface area (Å²) in [4.78, 5) is 25.3. The second-order valence-corrected chi connectivity index (χ2v) is 5.87. The lowest BCUT2D eigenvalue weighted by Crippen LogP contribution is -2.49. The van der Waals surface area contributed by atoms with Gasteiger partial charge in [0.25, 0.3) is 0 Å². The number of hydrogen-bond acceptors (Lipinski definition) is 3. The van der Waals surface area contributed by atoms with Gasteiger partial charge in [0.2, 0.25) is 11.8 Å². The molecule has 5 nitrogen and oxygen atoms in total. The van der Waals surface area contributed by atoms with E-state index in [4.69, 9.17) is 5.73 Å². The van der Waals surface area contributed by atoms with Crippen molar-refractivity contribution >= 4 is 11.8 Å². The number of amides is 2. The van der Waals surface area contributed by atoms with Crippen LogP contribution in [0.4, 0.5) is 0 Å². The van der Waals surface area contributed by atoms with Crippen LogP contribution in [0.5, 0.6) is 0 Å². The second kappa shape index (κ2) is 7.48. The van der Waals surface area contributed by atoms with Gasteiger partial charge in [-0.2, -0.15) is 0 Å². The van der Waals surface area contributed by atoms with E-state index in [2.05, 4.69) is 19.2 Å². The van der Waals surface area contributed by atoms with Gasteiger partial charge in [-0.25, -0.2) is 0 Å². The van der Waals surface area contributed by atoms with Gasteiger partial charge in [-0.1, -0.05) is 13.8 Å². The summed E-state index contributed by atoms with van der Waals surface area (Å²) >= 11 is 0. The molecule has 0 bridgehead atoms. The molecule has 2 atom stereocenters. The number of nitrogens with two attached hydrogens (primary N) is 1. The molecule has 1 fully saturated rings. The average Bonchev–Trinajstić information content (AvgIpc) is 2.37. The molecule has 1 rings (SSSR count). The maximum Gasteiger partial charge on any atom is 0.225 e. The van der Waals surface area contributed by atoms with Gasteiger partial charge in [-0.3, -0.25) is 9.59 Å². The van der Waals surface area contributed by atoms with Crippen molar-refractivity contribution < 1.29 is 9.59 Å². The quantitative estimate of drug-likeness (QED) is 0.773. The van der Waals surface area contributed by atoms with Gasteiger partial charge in [0, 0.05) is 32.6 Å². The van der Waals surface area contributed by atoms with Gasteiger partial charge in [0.1, 0.15) is 0 Å². The van der Waals surface area contributed by atoms with Crippen LogP contribution in [0.3, 0.4) is 0 Å². The van der Waals surface area contributed by atoms with E-state index in [-0.39, 0.29) is 23.8 Å². The monoisotopic (exact) mass is 269 g/mol. The Kier molecular flexibility index (Phi) is 6.28. The number of carbonyl (C=O) groups excluding carboxylic acids is 2. The lowest BCUT2D eigenvalue weighted by molar-refractivity contribution is -0.134. The smallest absolute Gasteiger partial charge is 0.225 e. The van der Waals surface area contributed by atoms with Crippen molar-refractivity contribution in [3.05, 3.63) is 0 Å². The number of nitrogens with zero attached hydrogens (tertiary/aromatic N) is 1. The summed E-state index contributed by atoms with van der Waals surface area (Å²) < 4.78 is 0. The standard InChI is InChI=1S/C14H27N3O2/c1-10(2)7-13(8-15)16-14(19)12-5-4-6-17(9-12)11(3)18/h10,12-13H,4-9,15H2,1-3H3,(H,16,19). The van der Waals surface area contributed by atoms with E-state index in [0.29, 0.717) is 19.0 Å². The molecule has 0 aromatic carbocycles. The topological polar surface area (TPSA) is 75.4 Å². The summed E-state index contributed by atoms with van der Waals surface area (Å²) in [5.74, 6) is 0.518. The molecule has 19 heavy (non-hydrogen) atoms. The lowest BCUT2D eigenvalue weighted by Gasteiger charge is -2.32. The number of carbonyl (C=O) groups is 2. The maximum absolute atomic E-state index is 12.2. The molecule has 1 saturated heterocycles. The normalized spacial score (nSPS) is 21.3. The Morgan fingerprint density at radius 3 is 2.63 bits per heavy atom. The van der Waals surface area contributed by atoms with E-state index in [1.54, 1.807) is 11.8 Å². The van der Waals surface area contributed by atoms with Gasteiger partial charge in [-0.15, -0.1) is 0 Å². The summed E-state index contributed by atoms with van der Waals surface area (Å²) in [7, 11) is 0. The molecule has 3 N–H and O–H groups in total. The highest BCUT2D eigenvalue weighted by Gasteiger charge is 2.28. The van der Waals surface area contributed by atoms with Crippen LogP contribution in [0.25, 0.3) is 0 Å². The van der Waals surface area contributed by atoms with Crippen LogP contribution >= 0.6 is 0 Å². The molecule has 0 aromatic heterocycles. The predicted molar refractivity (Wildman–Crippen MR) is 75.4 cm³/mol. The molecule has 0 radical (unpaired) electrons. The molecule has 2 unspecified atom stereocenters. The molecule has 1 aliphatic heterocycles. The van der Waals surface area contributed by atoms with Crippen LogP contribution in [0.15, 0.2) is 0 Å². The number of likely N-dealkylation sites (tertiary alicyclic amines) is 1. The molecule has 5 heteroatoms. The van der Waals surface area contributed by atoms with Crippen LogP contribution in [-0.2, 0) is 9.59 Å². The molecule has 1 heterocycles. The van der Waals surface area contributed by atoms with E-state index < -0.39 is 0 Å². The van der Waals surface area contributed by atoms with Crippen LogP contribution in [0.1, 0.15) is 40.0 Å². The lowest BCUT2D eigenvalue weighted by atomic mass is 9.96. The Morgan fingerprint density at radius 2 is 2.11 bits per heavy atom. The fourth-order valence-electron chi connectivity index (χ4n) is 2.58. The molecule has 0 aromatic rings. The minimum atomic E-state index is -0.0844. The first-order valence-corrected chi connectivity index (χ1v) is 7.20. The average molecular weight is 269 g/mol. The Labute approximate surface area is 115 Å². The molecule has 0 aliphatic carbocycles. The summed E-state index contributed by atoms with van der Waals surface area (Å²) in [6, 6.07) is 0.0419. The highest BCUT2D eigenvalue weighted by Crippen LogP contribution is 2.17. The highest BCUT2D eigenvalue weighted by molar-refractivity contribution is 5.80. The fourth-order valence-corrected chi connectivity index (χ4v) is 2.58. The molecule has 0 saturated carbocycles. The molecular weight excluding hydrogens is 242 g/mol. The molecule has 0 spiro atoms. The third-order valence-electron chi connectivity index (χ3n) is 3.62. The summed E-state index contributed by atoms with van der Waals surface area (Å²) in [5.41, 5.74) is 5.70. The van der Waals surface area contributed by atoms with Crippen molar-refractivity contribution in [1.82, 2.24) is 10.2 Å². The Hall–Kier alpha value is -1.10. The van der Waals surface area contributed by atoms with E-state index in [9.17, 15) is 9.59 Å². The molecular formula is C14H27N3O2. The van der Waals surface area contributed by atoms with Gasteiger partial charge < -0.3 is 16.0 Å². The van der Waals surface area contributed by atoms with Crippen LogP contribution in [-0.4, -0.2) is 42.4 Å². The minimum absolute atomic E-state index is 0.0419. The predicted octanol–water partition coefficient (Wildman–Crippen LogP) is 0.735. The van der Waals surface area contributed by atoms with Gasteiger partial charge in [0.15, 0.2) is 0 Å². The highest BCUT2D eigenvalue weighted by atomic mass is 16.2. The second-order valence-electron chi connectivity index (χ2n) is 5.87. The van der Waals surface area contributed by atoms with Crippen LogP contribution in [0, 0.1) is 11.8 Å². The van der Waals surface area contributed by atoms with E-state index in [1.165, 1.54) is 0 Å². The zero-order chi connectivity index (χ0) is 14.4. The summed E-state index contributed by atoms with van der Waals surface area (Å²) in [5, 5.41) is 3.03. The Morgan fingerprint density at radius 1 is 1.42 bits per heavy atom. The van der Waals surface area contributed by atoms with Crippen molar-refractivity contribution in [3.63, 3.8) is 0 Å². The first-order chi connectivity index (χ1) is 8.93. The summed E-state index contributed by atoms with van der Waals surface area (Å²) in [6.45, 7) is 7.57. The van der Waals surface area contributed by atoms with Crippen molar-refractivity contribution in [2.45, 2.75) is 46.1 Å². The molecule has 2 amide bonds. The maximum atomic E-state index is 12.2. The number of hydrogen-bond donors (Lipinski definition) is 2. The Balaban J connectivity index is 2.49. The number of piperidine rings is 1. The van der Waals surface area contributed by atoms with Gasteiger partial charge >= 0.3 is 0 Å². The summed E-state index contributed by atoms with van der Waals surface area (Å²) in [6.07, 6.45) is 2.65. The van der Waals surface area contributed by atoms with Crippen molar-refractivity contribution in [2.75, 3.05) is 19.6 Å². The third-order valence-corrected chi connectivity index (χ3v) is 3.62. The largest absolute Gasteiger partial charge is 0.352 e. The van der Waals surface area contributed by atoms with Gasteiger partial charge in [0.05, 0.1) is 5.92 Å². The first kappa shape index (κ1) is 16.0. The SMILES string of the molecule is CC(=O)N1CCCC(C(=O)NC(CN)CC(C)C)C1. The van der Waals surface area contributed by atoms with Crippen molar-refractivity contribution in [3.8, 4) is 0 Å². The molecule has 1 aliphatic rings. The minimum Gasteiger partial charge on any atom is -0.352 e. The Bertz CT molecular complexity index is 318. The van der Waals surface area contributed by atoms with Crippen molar-refractivity contribution in [2.24, 2.45) is 17.6 Å². The number of rotatable bonds is 5. The first-order valence-electron chi connectivity index (χ1n) is 7.20. The zero-order valence-corrected chi connectivity index (χ0v) is 12.3. The van der Waals surface area contributed by atoms with Crippen molar-refractivity contribution in [1.29, 1.82) is 0 Å². The van der Waals surface area contributed by atoms with Gasteiger partial charge in [-0.05, 0) is 25.2 Å². The van der Waals surface area contributed by atoms with E-state index in [1.807, 2.05) is 0 Å². The fraction of sp³-hybridized carbons (Fsp3) is 0.857. The van der Waals surface area contributed by atoms with Crippen LogP contribution < -0.4 is 11.1 Å². The third kappa shape index (κ3) is 5.19.